The van der Waals surface area contributed by atoms with Gasteiger partial charge in [0.1, 0.15) is 5.82 Å². The molecule has 2 nitrogen and oxygen atoms in total. The summed E-state index contributed by atoms with van der Waals surface area (Å²) < 4.78 is 13.3. The molecule has 17 heavy (non-hydrogen) atoms. The molecule has 0 unspecified atom stereocenters. The smallest absolute Gasteiger partial charge is 0.160 e. The molecule has 4 rings (SSSR count). The second-order valence-electron chi connectivity index (χ2n) is 4.85. The minimum Gasteiger partial charge on any atom is -0.341 e. The van der Waals surface area contributed by atoms with Crippen molar-refractivity contribution >= 4 is 16.9 Å². The first-order chi connectivity index (χ1) is 8.33. The molecule has 0 bridgehead atoms. The first-order valence-corrected chi connectivity index (χ1v) is 7.07. The second kappa shape index (κ2) is 3.48. The van der Waals surface area contributed by atoms with Crippen molar-refractivity contribution < 1.29 is 4.39 Å². The van der Waals surface area contributed by atoms with Crippen molar-refractivity contribution in [2.75, 3.05) is 12.3 Å². The Morgan fingerprint density at radius 1 is 1.41 bits per heavy atom. The fourth-order valence-electron chi connectivity index (χ4n) is 3.18. The van der Waals surface area contributed by atoms with Crippen LogP contribution in [0.15, 0.2) is 23.2 Å². The summed E-state index contributed by atoms with van der Waals surface area (Å²) in [5.41, 5.74) is 2.48. The SMILES string of the molecule is Fc1ccc2c(c1)CC[C@H]1N=C3SCCN3[C@H]21. The minimum absolute atomic E-state index is 0.114. The maximum Gasteiger partial charge on any atom is 0.160 e. The number of thioether (sulfide) groups is 1. The lowest BCUT2D eigenvalue weighted by Gasteiger charge is -2.32. The monoisotopic (exact) mass is 248 g/mol. The Labute approximate surface area is 104 Å². The van der Waals surface area contributed by atoms with E-state index in [1.54, 1.807) is 12.1 Å². The summed E-state index contributed by atoms with van der Waals surface area (Å²) in [4.78, 5) is 7.21. The zero-order chi connectivity index (χ0) is 11.4. The molecule has 0 aromatic heterocycles. The van der Waals surface area contributed by atoms with E-state index in [0.717, 1.165) is 25.1 Å². The number of nitrogens with zero attached hydrogens (tertiary/aromatic N) is 2. The predicted octanol–water partition coefficient (Wildman–Crippen LogP) is 2.60. The Morgan fingerprint density at radius 3 is 3.29 bits per heavy atom. The molecule has 0 N–H and O–H groups in total. The quantitative estimate of drug-likeness (QED) is 0.701. The van der Waals surface area contributed by atoms with E-state index in [1.807, 2.05) is 17.8 Å². The number of benzene rings is 1. The molecule has 0 amide bonds. The van der Waals surface area contributed by atoms with E-state index in [4.69, 9.17) is 4.99 Å². The van der Waals surface area contributed by atoms with E-state index in [2.05, 4.69) is 4.90 Å². The van der Waals surface area contributed by atoms with Gasteiger partial charge in [-0.2, -0.15) is 0 Å². The lowest BCUT2D eigenvalue weighted by atomic mass is 9.84. The number of amidine groups is 1. The molecular weight excluding hydrogens is 235 g/mol. The van der Waals surface area contributed by atoms with E-state index in [9.17, 15) is 4.39 Å². The van der Waals surface area contributed by atoms with Gasteiger partial charge < -0.3 is 4.90 Å². The number of aryl methyl sites for hydroxylation is 1. The molecule has 4 heteroatoms. The van der Waals surface area contributed by atoms with Crippen molar-refractivity contribution in [3.63, 3.8) is 0 Å². The van der Waals surface area contributed by atoms with Crippen molar-refractivity contribution in [3.05, 3.63) is 35.1 Å². The Kier molecular flexibility index (Phi) is 2.04. The number of halogens is 1. The second-order valence-corrected chi connectivity index (χ2v) is 5.91. The highest BCUT2D eigenvalue weighted by Crippen LogP contribution is 2.44. The summed E-state index contributed by atoms with van der Waals surface area (Å²) in [6.07, 6.45) is 2.02. The van der Waals surface area contributed by atoms with Crippen LogP contribution in [0.4, 0.5) is 4.39 Å². The van der Waals surface area contributed by atoms with Crippen LogP contribution >= 0.6 is 11.8 Å². The summed E-state index contributed by atoms with van der Waals surface area (Å²) >= 11 is 1.86. The van der Waals surface area contributed by atoms with Crippen molar-refractivity contribution in [1.82, 2.24) is 4.90 Å². The summed E-state index contributed by atoms with van der Waals surface area (Å²) in [6, 6.07) is 6.03. The maximum atomic E-state index is 13.3. The zero-order valence-corrected chi connectivity index (χ0v) is 10.2. The van der Waals surface area contributed by atoms with Gasteiger partial charge in [-0.15, -0.1) is 0 Å². The molecule has 2 heterocycles. The van der Waals surface area contributed by atoms with Crippen LogP contribution in [0.1, 0.15) is 23.6 Å². The Bertz CT molecular complexity index is 514. The molecular formula is C13H13FN2S. The molecule has 1 aromatic carbocycles. The molecule has 3 aliphatic rings. The number of aliphatic imine (C=N–C) groups is 1. The molecule has 88 valence electrons. The van der Waals surface area contributed by atoms with Crippen molar-refractivity contribution in [2.24, 2.45) is 4.99 Å². The minimum atomic E-state index is -0.114. The third-order valence-electron chi connectivity index (χ3n) is 3.92. The molecule has 1 saturated heterocycles. The Balaban J connectivity index is 1.81. The molecule has 0 saturated carbocycles. The van der Waals surface area contributed by atoms with E-state index in [-0.39, 0.29) is 5.82 Å². The highest BCUT2D eigenvalue weighted by atomic mass is 32.2. The van der Waals surface area contributed by atoms with Crippen LogP contribution in [-0.4, -0.2) is 28.4 Å². The maximum absolute atomic E-state index is 13.3. The van der Waals surface area contributed by atoms with E-state index >= 15 is 0 Å². The van der Waals surface area contributed by atoms with Crippen LogP contribution in [0, 0.1) is 5.82 Å². The van der Waals surface area contributed by atoms with Gasteiger partial charge in [-0.1, -0.05) is 17.8 Å². The lowest BCUT2D eigenvalue weighted by Crippen LogP contribution is -2.33. The van der Waals surface area contributed by atoms with Crippen LogP contribution in [0.3, 0.4) is 0 Å². The van der Waals surface area contributed by atoms with Gasteiger partial charge in [-0.25, -0.2) is 4.39 Å². The summed E-state index contributed by atoms with van der Waals surface area (Å²) in [7, 11) is 0. The van der Waals surface area contributed by atoms with Gasteiger partial charge in [0, 0.05) is 12.3 Å². The number of rotatable bonds is 0. The van der Waals surface area contributed by atoms with Gasteiger partial charge >= 0.3 is 0 Å². The first kappa shape index (κ1) is 9.95. The molecule has 2 aliphatic heterocycles. The third-order valence-corrected chi connectivity index (χ3v) is 4.90. The molecule has 1 fully saturated rings. The molecule has 1 aliphatic carbocycles. The average Bonchev–Trinajstić information content (AvgIpc) is 2.88. The topological polar surface area (TPSA) is 15.6 Å². The van der Waals surface area contributed by atoms with Gasteiger partial charge in [-0.3, -0.25) is 4.99 Å². The first-order valence-electron chi connectivity index (χ1n) is 6.08. The average molecular weight is 248 g/mol. The lowest BCUT2D eigenvalue weighted by molar-refractivity contribution is 0.308. The van der Waals surface area contributed by atoms with Crippen LogP contribution in [0.2, 0.25) is 0 Å². The Morgan fingerprint density at radius 2 is 2.35 bits per heavy atom. The number of hydrogen-bond acceptors (Lipinski definition) is 3. The van der Waals surface area contributed by atoms with Crippen molar-refractivity contribution in [1.29, 1.82) is 0 Å². The predicted molar refractivity (Wildman–Crippen MR) is 67.8 cm³/mol. The Hall–Kier alpha value is -1.03. The van der Waals surface area contributed by atoms with E-state index in [1.165, 1.54) is 16.3 Å². The molecule has 1 aromatic rings. The van der Waals surface area contributed by atoms with Crippen molar-refractivity contribution in [3.8, 4) is 0 Å². The highest BCUT2D eigenvalue weighted by Gasteiger charge is 2.42. The van der Waals surface area contributed by atoms with E-state index < -0.39 is 0 Å². The number of fused-ring (bicyclic) bond motifs is 5. The largest absolute Gasteiger partial charge is 0.341 e. The fourth-order valence-corrected chi connectivity index (χ4v) is 4.23. The third kappa shape index (κ3) is 1.36. The number of hydrogen-bond donors (Lipinski definition) is 0. The molecule has 2 atom stereocenters. The molecule has 0 spiro atoms. The zero-order valence-electron chi connectivity index (χ0n) is 9.40. The highest BCUT2D eigenvalue weighted by molar-refractivity contribution is 8.14. The standard InChI is InChI=1S/C13H13FN2S/c14-9-2-3-10-8(7-9)1-4-11-12(10)16-5-6-17-13(16)15-11/h2-3,7,11-12H,1,4-6H2/t11-,12-/m1/s1. The van der Waals surface area contributed by atoms with Gasteiger partial charge in [0.05, 0.1) is 12.1 Å². The van der Waals surface area contributed by atoms with Gasteiger partial charge in [-0.05, 0) is 36.1 Å². The summed E-state index contributed by atoms with van der Waals surface area (Å²) in [5, 5.41) is 1.21. The van der Waals surface area contributed by atoms with Crippen LogP contribution in [0.5, 0.6) is 0 Å². The van der Waals surface area contributed by atoms with Gasteiger partial charge in [0.15, 0.2) is 5.17 Å². The van der Waals surface area contributed by atoms with E-state index in [0.29, 0.717) is 12.1 Å². The van der Waals surface area contributed by atoms with Crippen LogP contribution < -0.4 is 0 Å². The van der Waals surface area contributed by atoms with Gasteiger partial charge in [0.2, 0.25) is 0 Å². The van der Waals surface area contributed by atoms with Gasteiger partial charge in [0.25, 0.3) is 0 Å². The van der Waals surface area contributed by atoms with Crippen LogP contribution in [-0.2, 0) is 6.42 Å². The normalized spacial score (nSPS) is 29.7. The fraction of sp³-hybridized carbons (Fsp3) is 0.462. The summed E-state index contributed by atoms with van der Waals surface area (Å²) in [6.45, 7) is 1.08. The summed E-state index contributed by atoms with van der Waals surface area (Å²) in [5.74, 6) is 1.02. The molecule has 0 radical (unpaired) electrons. The van der Waals surface area contributed by atoms with Crippen LogP contribution in [0.25, 0.3) is 0 Å². The van der Waals surface area contributed by atoms with Crippen molar-refractivity contribution in [2.45, 2.75) is 24.9 Å².